The molecule has 0 saturated heterocycles. The molecule has 1 aliphatic rings. The average Bonchev–Trinajstić information content (AvgIpc) is 3.10. The third kappa shape index (κ3) is 4.13. The summed E-state index contributed by atoms with van der Waals surface area (Å²) >= 11 is 0. The molecule has 3 rings (SSSR count). The van der Waals surface area contributed by atoms with Crippen molar-refractivity contribution in [1.82, 2.24) is 20.2 Å². The van der Waals surface area contributed by atoms with E-state index in [1.807, 2.05) is 35.8 Å². The van der Waals surface area contributed by atoms with Gasteiger partial charge in [0, 0.05) is 25.2 Å². The molecule has 0 unspecified atom stereocenters. The normalized spacial score (nSPS) is 13.0. The van der Waals surface area contributed by atoms with Crippen LogP contribution in [0, 0.1) is 0 Å². The lowest BCUT2D eigenvalue weighted by Gasteiger charge is -2.17. The van der Waals surface area contributed by atoms with Crippen molar-refractivity contribution in [3.05, 3.63) is 47.0 Å². The fraction of sp³-hybridized carbons (Fsp3) is 0.450. The van der Waals surface area contributed by atoms with Gasteiger partial charge in [0.25, 0.3) is 11.8 Å². The molecule has 2 aromatic rings. The molecule has 0 radical (unpaired) electrons. The number of fused-ring (bicyclic) bond motifs is 1. The second-order valence-corrected chi connectivity index (χ2v) is 6.59. The first-order valence-corrected chi connectivity index (χ1v) is 9.43. The van der Waals surface area contributed by atoms with Gasteiger partial charge in [0.05, 0.1) is 12.8 Å². The molecule has 2 heterocycles. The molecule has 0 bridgehead atoms. The lowest BCUT2D eigenvalue weighted by molar-refractivity contribution is 0.0934. The summed E-state index contributed by atoms with van der Waals surface area (Å²) < 4.78 is 7.21. The molecular formula is C20H26N4O3. The van der Waals surface area contributed by atoms with Crippen molar-refractivity contribution in [2.75, 3.05) is 13.7 Å². The van der Waals surface area contributed by atoms with E-state index in [4.69, 9.17) is 4.74 Å². The van der Waals surface area contributed by atoms with Crippen molar-refractivity contribution in [2.45, 2.75) is 45.7 Å². The van der Waals surface area contributed by atoms with Crippen LogP contribution in [0.3, 0.4) is 0 Å². The Morgan fingerprint density at radius 2 is 2.00 bits per heavy atom. The monoisotopic (exact) mass is 370 g/mol. The van der Waals surface area contributed by atoms with E-state index in [0.717, 1.165) is 42.7 Å². The van der Waals surface area contributed by atoms with Gasteiger partial charge in [-0.15, -0.1) is 0 Å². The van der Waals surface area contributed by atoms with Crippen molar-refractivity contribution in [1.29, 1.82) is 0 Å². The summed E-state index contributed by atoms with van der Waals surface area (Å²) in [7, 11) is 1.60. The largest absolute Gasteiger partial charge is 0.496 e. The fourth-order valence-electron chi connectivity index (χ4n) is 3.32. The van der Waals surface area contributed by atoms with Gasteiger partial charge >= 0.3 is 0 Å². The van der Waals surface area contributed by atoms with Crippen molar-refractivity contribution in [3.63, 3.8) is 0 Å². The number of hydrogen-bond acceptors (Lipinski definition) is 4. The Morgan fingerprint density at radius 1 is 1.19 bits per heavy atom. The molecule has 27 heavy (non-hydrogen) atoms. The molecule has 0 spiro atoms. The first-order valence-electron chi connectivity index (χ1n) is 9.43. The Hall–Kier alpha value is -2.83. The number of nitrogens with zero attached hydrogens (tertiary/aromatic N) is 2. The molecule has 7 heteroatoms. The molecule has 0 fully saturated rings. The molecule has 2 N–H and O–H groups in total. The van der Waals surface area contributed by atoms with Gasteiger partial charge in [0.15, 0.2) is 5.82 Å². The van der Waals surface area contributed by atoms with Gasteiger partial charge in [0.1, 0.15) is 11.4 Å². The van der Waals surface area contributed by atoms with Gasteiger partial charge in [-0.3, -0.25) is 9.59 Å². The number of benzene rings is 1. The van der Waals surface area contributed by atoms with Crippen LogP contribution in [0.5, 0.6) is 5.75 Å². The van der Waals surface area contributed by atoms with E-state index in [1.165, 1.54) is 0 Å². The maximum atomic E-state index is 12.8. The summed E-state index contributed by atoms with van der Waals surface area (Å²) in [4.78, 5) is 29.6. The van der Waals surface area contributed by atoms with Crippen LogP contribution in [0.15, 0.2) is 24.3 Å². The number of ether oxygens (including phenoxy) is 1. The number of amides is 2. The minimum atomic E-state index is -0.279. The minimum Gasteiger partial charge on any atom is -0.496 e. The van der Waals surface area contributed by atoms with E-state index in [1.54, 1.807) is 7.11 Å². The number of aromatic nitrogens is 2. The number of rotatable bonds is 7. The molecule has 1 aromatic heterocycles. The maximum Gasteiger partial charge on any atom is 0.287 e. The van der Waals surface area contributed by atoms with E-state index in [-0.39, 0.29) is 11.8 Å². The highest BCUT2D eigenvalue weighted by Crippen LogP contribution is 2.22. The summed E-state index contributed by atoms with van der Waals surface area (Å²) in [6, 6.07) is 7.55. The topological polar surface area (TPSA) is 85.2 Å². The molecule has 2 amide bonds. The summed E-state index contributed by atoms with van der Waals surface area (Å²) in [5.41, 5.74) is 2.13. The molecule has 144 valence electrons. The van der Waals surface area contributed by atoms with Gasteiger partial charge in [0.2, 0.25) is 0 Å². The second-order valence-electron chi connectivity index (χ2n) is 6.59. The predicted octanol–water partition coefficient (Wildman–Crippen LogP) is 2.30. The number of imidazole rings is 1. The number of hydrogen-bond donors (Lipinski definition) is 2. The zero-order valence-electron chi connectivity index (χ0n) is 15.9. The Bertz CT molecular complexity index is 829. The number of carbonyl (C=O) groups is 2. The number of nitrogens with one attached hydrogen (secondary N) is 2. The van der Waals surface area contributed by atoms with Crippen molar-refractivity contribution < 1.29 is 14.3 Å². The Morgan fingerprint density at radius 3 is 2.78 bits per heavy atom. The highest BCUT2D eigenvalue weighted by atomic mass is 16.5. The predicted molar refractivity (Wildman–Crippen MR) is 102 cm³/mol. The van der Waals surface area contributed by atoms with Crippen LogP contribution >= 0.6 is 0 Å². The van der Waals surface area contributed by atoms with Crippen LogP contribution in [0.25, 0.3) is 0 Å². The standard InChI is InChI=1S/C20H26N4O3/c1-3-11-21-19(25)17-15-9-6-7-12-24(15)18(23-17)20(26)22-13-14-8-4-5-10-16(14)27-2/h4-5,8,10H,3,6-7,9,11-13H2,1-2H3,(H,21,25)(H,22,26). The molecule has 0 atom stereocenters. The zero-order valence-corrected chi connectivity index (χ0v) is 15.9. The van der Waals surface area contributed by atoms with Gasteiger partial charge in [-0.1, -0.05) is 25.1 Å². The fourth-order valence-corrected chi connectivity index (χ4v) is 3.32. The van der Waals surface area contributed by atoms with E-state index < -0.39 is 0 Å². The number of methoxy groups -OCH3 is 1. The first-order chi connectivity index (χ1) is 13.2. The Labute approximate surface area is 159 Å². The van der Waals surface area contributed by atoms with Gasteiger partial charge in [-0.05, 0) is 31.7 Å². The maximum absolute atomic E-state index is 12.8. The number of carbonyl (C=O) groups excluding carboxylic acids is 2. The zero-order chi connectivity index (χ0) is 19.2. The third-order valence-electron chi connectivity index (χ3n) is 4.70. The van der Waals surface area contributed by atoms with Crippen LogP contribution in [0.2, 0.25) is 0 Å². The van der Waals surface area contributed by atoms with E-state index in [9.17, 15) is 9.59 Å². The molecule has 7 nitrogen and oxygen atoms in total. The van der Waals surface area contributed by atoms with Crippen LogP contribution in [0.1, 0.15) is 58.6 Å². The smallest absolute Gasteiger partial charge is 0.287 e. The third-order valence-corrected chi connectivity index (χ3v) is 4.70. The average molecular weight is 370 g/mol. The van der Waals surface area contributed by atoms with E-state index in [0.29, 0.717) is 31.2 Å². The first kappa shape index (κ1) is 18.9. The van der Waals surface area contributed by atoms with Crippen LogP contribution < -0.4 is 15.4 Å². The molecule has 1 aromatic carbocycles. The summed E-state index contributed by atoms with van der Waals surface area (Å²) in [6.45, 7) is 3.64. The molecule has 1 aliphatic heterocycles. The Kier molecular flexibility index (Phi) is 6.11. The van der Waals surface area contributed by atoms with Crippen molar-refractivity contribution in [3.8, 4) is 5.75 Å². The van der Waals surface area contributed by atoms with Gasteiger partial charge in [-0.2, -0.15) is 0 Å². The highest BCUT2D eigenvalue weighted by Gasteiger charge is 2.27. The lowest BCUT2D eigenvalue weighted by atomic mass is 10.1. The molecule has 0 aliphatic carbocycles. The minimum absolute atomic E-state index is 0.203. The van der Waals surface area contributed by atoms with E-state index in [2.05, 4.69) is 15.6 Å². The van der Waals surface area contributed by atoms with Gasteiger partial charge < -0.3 is 19.9 Å². The quantitative estimate of drug-likeness (QED) is 0.783. The van der Waals surface area contributed by atoms with Crippen LogP contribution in [-0.4, -0.2) is 35.0 Å². The van der Waals surface area contributed by atoms with Crippen LogP contribution in [-0.2, 0) is 19.5 Å². The molecule has 0 saturated carbocycles. The number of para-hydroxylation sites is 1. The van der Waals surface area contributed by atoms with E-state index >= 15 is 0 Å². The SMILES string of the molecule is CCCNC(=O)c1nc(C(=O)NCc2ccccc2OC)n2c1CCCC2. The summed E-state index contributed by atoms with van der Waals surface area (Å²) in [6.07, 6.45) is 3.60. The summed E-state index contributed by atoms with van der Waals surface area (Å²) in [5, 5.41) is 5.76. The highest BCUT2D eigenvalue weighted by molar-refractivity contribution is 5.97. The second kappa shape index (κ2) is 8.70. The summed E-state index contributed by atoms with van der Waals surface area (Å²) in [5.74, 6) is 0.550. The Balaban J connectivity index is 1.80. The molecular weight excluding hydrogens is 344 g/mol. The van der Waals surface area contributed by atoms with Crippen molar-refractivity contribution >= 4 is 11.8 Å². The van der Waals surface area contributed by atoms with Gasteiger partial charge in [-0.25, -0.2) is 4.98 Å². The van der Waals surface area contributed by atoms with Crippen LogP contribution in [0.4, 0.5) is 0 Å². The lowest BCUT2D eigenvalue weighted by Crippen LogP contribution is -2.27. The van der Waals surface area contributed by atoms with Crippen molar-refractivity contribution in [2.24, 2.45) is 0 Å².